The van der Waals surface area contributed by atoms with Crippen LogP contribution in [-0.4, -0.2) is 45.6 Å². The van der Waals surface area contributed by atoms with Crippen LogP contribution in [0.1, 0.15) is 11.1 Å². The van der Waals surface area contributed by atoms with Gasteiger partial charge in [0, 0.05) is 31.9 Å². The first-order valence-electron chi connectivity index (χ1n) is 8.71. The summed E-state index contributed by atoms with van der Waals surface area (Å²) in [6.07, 6.45) is 0.943. The minimum atomic E-state index is -0.208. The van der Waals surface area contributed by atoms with Gasteiger partial charge in [0.1, 0.15) is 5.52 Å². The lowest BCUT2D eigenvalue weighted by Crippen LogP contribution is -2.46. The van der Waals surface area contributed by atoms with Gasteiger partial charge in [-0.05, 0) is 42.8 Å². The number of nitrogens with zero attached hydrogens (tertiary/aromatic N) is 4. The Labute approximate surface area is 152 Å². The van der Waals surface area contributed by atoms with E-state index < -0.39 is 0 Å². The number of amides is 2. The molecule has 2 amide bonds. The molecule has 0 fully saturated rings. The maximum Gasteiger partial charge on any atom is 0.319 e. The number of urea groups is 1. The quantitative estimate of drug-likeness (QED) is 0.759. The summed E-state index contributed by atoms with van der Waals surface area (Å²) in [7, 11) is 3.94. The van der Waals surface area contributed by atoms with E-state index in [0.717, 1.165) is 24.0 Å². The predicted octanol–water partition coefficient (Wildman–Crippen LogP) is 2.15. The van der Waals surface area contributed by atoms with Crippen molar-refractivity contribution in [2.75, 3.05) is 18.9 Å². The first-order valence-corrected chi connectivity index (χ1v) is 8.71. The minimum absolute atomic E-state index is 0.208. The maximum atomic E-state index is 12.3. The van der Waals surface area contributed by atoms with Crippen LogP contribution >= 0.6 is 0 Å². The molecule has 26 heavy (non-hydrogen) atoms. The molecule has 2 N–H and O–H groups in total. The molecule has 0 aliphatic carbocycles. The largest absolute Gasteiger partial charge is 0.336 e. The third-order valence-corrected chi connectivity index (χ3v) is 4.98. The molecular formula is C19H22N6O. The van der Waals surface area contributed by atoms with E-state index in [9.17, 15) is 4.79 Å². The highest BCUT2D eigenvalue weighted by molar-refractivity contribution is 5.91. The Morgan fingerprint density at radius 3 is 2.85 bits per heavy atom. The van der Waals surface area contributed by atoms with Crippen molar-refractivity contribution in [2.45, 2.75) is 19.0 Å². The number of hydrogen-bond acceptors (Lipinski definition) is 4. The fourth-order valence-electron chi connectivity index (χ4n) is 3.45. The highest BCUT2D eigenvalue weighted by Crippen LogP contribution is 2.21. The fraction of sp³-hybridized carbons (Fsp3) is 0.316. The first kappa shape index (κ1) is 16.5. The van der Waals surface area contributed by atoms with Gasteiger partial charge < -0.3 is 10.6 Å². The van der Waals surface area contributed by atoms with Crippen molar-refractivity contribution in [2.24, 2.45) is 7.05 Å². The van der Waals surface area contributed by atoms with Crippen LogP contribution in [0.3, 0.4) is 0 Å². The van der Waals surface area contributed by atoms with Crippen LogP contribution in [-0.2, 0) is 20.0 Å². The molecular weight excluding hydrogens is 328 g/mol. The van der Waals surface area contributed by atoms with Crippen LogP contribution in [0.2, 0.25) is 0 Å². The van der Waals surface area contributed by atoms with Gasteiger partial charge in [-0.25, -0.2) is 9.48 Å². The van der Waals surface area contributed by atoms with Crippen LogP contribution in [0.5, 0.6) is 0 Å². The van der Waals surface area contributed by atoms with Crippen LogP contribution in [0.4, 0.5) is 10.5 Å². The van der Waals surface area contributed by atoms with E-state index in [0.29, 0.717) is 12.2 Å². The number of carbonyl (C=O) groups is 1. The highest BCUT2D eigenvalue weighted by atomic mass is 16.2. The number of anilines is 1. The van der Waals surface area contributed by atoms with Gasteiger partial charge in [-0.2, -0.15) is 0 Å². The predicted molar refractivity (Wildman–Crippen MR) is 101 cm³/mol. The smallest absolute Gasteiger partial charge is 0.319 e. The van der Waals surface area contributed by atoms with Crippen molar-refractivity contribution in [1.82, 2.24) is 25.2 Å². The van der Waals surface area contributed by atoms with Crippen molar-refractivity contribution in [3.05, 3.63) is 53.6 Å². The van der Waals surface area contributed by atoms with Crippen LogP contribution in [0.25, 0.3) is 11.0 Å². The van der Waals surface area contributed by atoms with E-state index in [-0.39, 0.29) is 12.1 Å². The molecule has 1 aliphatic heterocycles. The molecule has 7 heteroatoms. The summed E-state index contributed by atoms with van der Waals surface area (Å²) in [5.74, 6) is 0. The molecule has 0 unspecified atom stereocenters. The van der Waals surface area contributed by atoms with Crippen molar-refractivity contribution in [3.8, 4) is 0 Å². The third kappa shape index (κ3) is 3.25. The van der Waals surface area contributed by atoms with Crippen molar-refractivity contribution >= 4 is 22.8 Å². The molecule has 2 aromatic carbocycles. The average molecular weight is 350 g/mol. The Balaban J connectivity index is 1.36. The summed E-state index contributed by atoms with van der Waals surface area (Å²) in [5.41, 5.74) is 5.13. The van der Waals surface area contributed by atoms with Crippen molar-refractivity contribution < 1.29 is 4.79 Å². The molecule has 0 spiro atoms. The number of carbonyl (C=O) groups excluding carboxylic acids is 1. The molecule has 2 heterocycles. The summed E-state index contributed by atoms with van der Waals surface area (Å²) in [6, 6.07) is 14.2. The number of fused-ring (bicyclic) bond motifs is 2. The highest BCUT2D eigenvalue weighted by Gasteiger charge is 2.23. The lowest BCUT2D eigenvalue weighted by atomic mass is 9.94. The lowest BCUT2D eigenvalue weighted by molar-refractivity contribution is 0.207. The van der Waals surface area contributed by atoms with Gasteiger partial charge >= 0.3 is 6.03 Å². The Hall–Kier alpha value is -2.93. The number of aromatic nitrogens is 3. The van der Waals surface area contributed by atoms with Crippen LogP contribution in [0, 0.1) is 0 Å². The van der Waals surface area contributed by atoms with E-state index in [1.54, 1.807) is 4.68 Å². The summed E-state index contributed by atoms with van der Waals surface area (Å²) in [4.78, 5) is 14.6. The average Bonchev–Trinajstić information content (AvgIpc) is 3.00. The molecule has 4 rings (SSSR count). The Morgan fingerprint density at radius 2 is 2.00 bits per heavy atom. The molecule has 3 aromatic rings. The number of aryl methyl sites for hydroxylation is 1. The van der Waals surface area contributed by atoms with Crippen LogP contribution in [0.15, 0.2) is 42.5 Å². The van der Waals surface area contributed by atoms with E-state index in [1.165, 1.54) is 11.1 Å². The zero-order valence-corrected chi connectivity index (χ0v) is 14.9. The fourth-order valence-corrected chi connectivity index (χ4v) is 3.45. The Morgan fingerprint density at radius 1 is 1.19 bits per heavy atom. The lowest BCUT2D eigenvalue weighted by Gasteiger charge is -2.34. The van der Waals surface area contributed by atoms with Crippen molar-refractivity contribution in [1.29, 1.82) is 0 Å². The van der Waals surface area contributed by atoms with E-state index >= 15 is 0 Å². The van der Waals surface area contributed by atoms with Gasteiger partial charge in [-0.1, -0.05) is 29.5 Å². The molecule has 7 nitrogen and oxygen atoms in total. The van der Waals surface area contributed by atoms with Gasteiger partial charge in [0.2, 0.25) is 0 Å². The summed E-state index contributed by atoms with van der Waals surface area (Å²) in [6.45, 7) is 1.51. The number of likely N-dealkylation sites (N-methyl/N-ethyl adjacent to an activating group) is 1. The van der Waals surface area contributed by atoms with E-state index in [1.807, 2.05) is 25.2 Å². The monoisotopic (exact) mass is 350 g/mol. The number of rotatable bonds is 3. The van der Waals surface area contributed by atoms with Gasteiger partial charge in [-0.15, -0.1) is 5.10 Å². The van der Waals surface area contributed by atoms with E-state index in [2.05, 4.69) is 57.2 Å². The number of nitrogens with one attached hydrogen (secondary N) is 2. The molecule has 0 saturated heterocycles. The second kappa shape index (κ2) is 6.76. The zero-order valence-electron chi connectivity index (χ0n) is 14.9. The molecule has 0 saturated carbocycles. The summed E-state index contributed by atoms with van der Waals surface area (Å²) < 4.78 is 1.70. The zero-order chi connectivity index (χ0) is 18.1. The minimum Gasteiger partial charge on any atom is -0.336 e. The second-order valence-electron chi connectivity index (χ2n) is 6.79. The normalized spacial score (nSPS) is 17.1. The molecule has 1 aliphatic rings. The molecule has 0 radical (unpaired) electrons. The van der Waals surface area contributed by atoms with Gasteiger partial charge in [-0.3, -0.25) is 4.90 Å². The van der Waals surface area contributed by atoms with Crippen LogP contribution < -0.4 is 10.6 Å². The Bertz CT molecular complexity index is 950. The third-order valence-electron chi connectivity index (χ3n) is 4.98. The van der Waals surface area contributed by atoms with E-state index in [4.69, 9.17) is 0 Å². The first-order chi connectivity index (χ1) is 12.6. The number of benzene rings is 2. The SMILES string of the molecule is CN1Cc2ccccc2C[C@@H]1CNC(=O)Nc1ccc2c(c1)nnn2C. The van der Waals surface area contributed by atoms with Gasteiger partial charge in [0.25, 0.3) is 0 Å². The summed E-state index contributed by atoms with van der Waals surface area (Å²) in [5, 5.41) is 13.9. The molecule has 1 atom stereocenters. The standard InChI is InChI=1S/C19H22N6O/c1-24-12-14-6-4-3-5-13(14)9-16(24)11-20-19(26)21-15-7-8-18-17(10-15)22-23-25(18)2/h3-8,10,16H,9,11-12H2,1-2H3,(H2,20,21,26)/t16-/m1/s1. The molecule has 1 aromatic heterocycles. The molecule has 134 valence electrons. The Kier molecular flexibility index (Phi) is 4.30. The van der Waals surface area contributed by atoms with Gasteiger partial charge in [0.05, 0.1) is 5.52 Å². The summed E-state index contributed by atoms with van der Waals surface area (Å²) >= 11 is 0. The van der Waals surface area contributed by atoms with Crippen molar-refractivity contribution in [3.63, 3.8) is 0 Å². The second-order valence-corrected chi connectivity index (χ2v) is 6.79. The topological polar surface area (TPSA) is 75.1 Å². The maximum absolute atomic E-state index is 12.3. The molecule has 0 bridgehead atoms. The van der Waals surface area contributed by atoms with Gasteiger partial charge in [0.15, 0.2) is 0 Å². The number of hydrogen-bond donors (Lipinski definition) is 2.